The van der Waals surface area contributed by atoms with E-state index in [0.29, 0.717) is 10.8 Å². The molecule has 0 N–H and O–H groups in total. The van der Waals surface area contributed by atoms with Gasteiger partial charge in [0.05, 0.1) is 16.5 Å². The lowest BCUT2D eigenvalue weighted by Gasteiger charge is -2.29. The third-order valence-corrected chi connectivity index (χ3v) is 10.2. The summed E-state index contributed by atoms with van der Waals surface area (Å²) in [4.78, 5) is 15.9. The number of rotatable bonds is 7. The Bertz CT molecular complexity index is 1900. The topological polar surface area (TPSA) is 83.5 Å². The molecule has 0 aliphatic rings. The van der Waals surface area contributed by atoms with Crippen molar-refractivity contribution in [3.63, 3.8) is 0 Å². The molecule has 252 valence electrons. The maximum absolute atomic E-state index is 13.3. The lowest BCUT2D eigenvalue weighted by Crippen LogP contribution is -2.52. The Morgan fingerprint density at radius 1 is 0.667 bits per heavy atom. The van der Waals surface area contributed by atoms with Gasteiger partial charge in [-0.05, 0) is 70.3 Å². The van der Waals surface area contributed by atoms with Crippen LogP contribution in [0.25, 0.3) is 10.8 Å². The summed E-state index contributed by atoms with van der Waals surface area (Å²) in [6.45, 7) is 6.78. The van der Waals surface area contributed by atoms with Crippen LogP contribution in [0, 0.1) is 0 Å². The van der Waals surface area contributed by atoms with Crippen molar-refractivity contribution >= 4 is 37.8 Å². The summed E-state index contributed by atoms with van der Waals surface area (Å²) in [7, 11) is -6.78. The van der Waals surface area contributed by atoms with E-state index < -0.39 is 39.2 Å². The van der Waals surface area contributed by atoms with E-state index >= 15 is 0 Å². The molecule has 0 aliphatic heterocycles. The quantitative estimate of drug-likeness (QED) is 0.0731. The third-order valence-electron chi connectivity index (χ3n) is 7.06. The lowest BCUT2D eigenvalue weighted by molar-refractivity contribution is -0.248. The highest BCUT2D eigenvalue weighted by molar-refractivity contribution is 7.97. The van der Waals surface area contributed by atoms with Crippen molar-refractivity contribution in [1.82, 2.24) is 0 Å². The van der Waals surface area contributed by atoms with Crippen molar-refractivity contribution in [2.45, 2.75) is 58.4 Å². The van der Waals surface area contributed by atoms with Crippen LogP contribution >= 0.6 is 0 Å². The summed E-state index contributed by atoms with van der Waals surface area (Å²) in [6.07, 6.45) is -10.4. The predicted molar refractivity (Wildman–Crippen MR) is 174 cm³/mol. The van der Waals surface area contributed by atoms with Crippen LogP contribution in [0.4, 0.5) is 22.0 Å². The monoisotopic (exact) mass is 702 g/mol. The number of halogens is 5. The Morgan fingerprint density at radius 3 is 1.58 bits per heavy atom. The first-order valence-corrected chi connectivity index (χ1v) is 17.1. The van der Waals surface area contributed by atoms with Crippen molar-refractivity contribution in [3.05, 3.63) is 139 Å². The molecule has 0 aliphatic carbocycles. The summed E-state index contributed by atoms with van der Waals surface area (Å²) < 4.78 is 99.7. The minimum absolute atomic E-state index is 0.0497. The summed E-state index contributed by atoms with van der Waals surface area (Å²) in [5.41, 5.74) is 1.05. The van der Waals surface area contributed by atoms with Gasteiger partial charge in [0.2, 0.25) is 0 Å². The Balaban J connectivity index is 0.000000217. The van der Waals surface area contributed by atoms with Crippen LogP contribution in [0.3, 0.4) is 0 Å². The summed E-state index contributed by atoms with van der Waals surface area (Å²) in [5, 5.41) is -4.86. The second-order valence-corrected chi connectivity index (χ2v) is 15.1. The van der Waals surface area contributed by atoms with Crippen molar-refractivity contribution in [1.29, 1.82) is 0 Å². The van der Waals surface area contributed by atoms with E-state index in [2.05, 4.69) is 110 Å². The summed E-state index contributed by atoms with van der Waals surface area (Å²) in [6, 6.07) is 40.5. The molecule has 0 fully saturated rings. The van der Waals surface area contributed by atoms with Crippen LogP contribution in [-0.4, -0.2) is 36.5 Å². The predicted octanol–water partition coefficient (Wildman–Crippen LogP) is 9.15. The molecule has 0 saturated carbocycles. The molecular formula is C36H31F5O5S2. The Hall–Kier alpha value is -4.26. The second kappa shape index (κ2) is 14.5. The van der Waals surface area contributed by atoms with E-state index in [4.69, 9.17) is 0 Å². The maximum Gasteiger partial charge on any atom is 0.432 e. The Kier molecular flexibility index (Phi) is 11.0. The molecule has 0 amide bonds. The molecule has 5 aromatic rings. The molecular weight excluding hydrogens is 672 g/mol. The van der Waals surface area contributed by atoms with Crippen molar-refractivity contribution in [2.75, 3.05) is 0 Å². The molecule has 0 saturated heterocycles. The van der Waals surface area contributed by atoms with Crippen molar-refractivity contribution in [2.24, 2.45) is 0 Å². The molecule has 5 nitrogen and oxygen atoms in total. The zero-order chi connectivity index (χ0) is 35.3. The molecule has 12 heteroatoms. The van der Waals surface area contributed by atoms with E-state index in [1.54, 1.807) is 18.2 Å². The molecule has 0 radical (unpaired) electrons. The number of benzene rings is 5. The van der Waals surface area contributed by atoms with Gasteiger partial charge in [-0.1, -0.05) is 99.6 Å². The first-order valence-electron chi connectivity index (χ1n) is 14.4. The highest BCUT2D eigenvalue weighted by Gasteiger charge is 2.63. The zero-order valence-electron chi connectivity index (χ0n) is 25.9. The van der Waals surface area contributed by atoms with Gasteiger partial charge in [-0.15, -0.1) is 0 Å². The smallest absolute Gasteiger partial charge is 0.432 e. The molecule has 5 rings (SSSR count). The fourth-order valence-electron chi connectivity index (χ4n) is 4.56. The van der Waals surface area contributed by atoms with E-state index in [0.717, 1.165) is 12.1 Å². The van der Waals surface area contributed by atoms with Gasteiger partial charge >= 0.3 is 17.4 Å². The molecule has 0 bridgehead atoms. The molecule has 0 heterocycles. The SMILES string of the molecule is CC(C)(C)c1ccc([S+](c2ccccc2)c2ccccc2)cc1.O=C(OC(C(F)(F)F)C(F)(F)S(=O)(=O)[O-])c1ccc2ccccc2c1. The standard InChI is InChI=1S/C22H23S.C14H9F5O5S/c1-22(2,3)18-14-16-21(17-15-18)23(19-10-6-4-7-11-19)20-12-8-5-9-13-20;15-13(16,17)12(14(18,19)25(21,22)23)24-11(20)10-6-5-8-3-1-2-4-9(8)7-10/h4-17H,1-3H3;1-7,12H,(H,21,22,23)/q+1;/p-1. The normalized spacial score (nSPS) is 13.0. The van der Waals surface area contributed by atoms with Crippen molar-refractivity contribution in [3.8, 4) is 0 Å². The molecule has 0 aromatic heterocycles. The highest BCUT2D eigenvalue weighted by atomic mass is 32.2. The van der Waals surface area contributed by atoms with Gasteiger partial charge < -0.3 is 9.29 Å². The van der Waals surface area contributed by atoms with Gasteiger partial charge in [0.15, 0.2) is 24.8 Å². The van der Waals surface area contributed by atoms with Crippen molar-refractivity contribution < 1.29 is 44.5 Å². The number of carbonyl (C=O) groups is 1. The first-order chi connectivity index (χ1) is 22.4. The number of carbonyl (C=O) groups excluding carboxylic acids is 1. The van der Waals surface area contributed by atoms with Crippen LogP contribution < -0.4 is 0 Å². The molecule has 1 atom stereocenters. The third kappa shape index (κ3) is 8.80. The second-order valence-electron chi connectivity index (χ2n) is 11.6. The summed E-state index contributed by atoms with van der Waals surface area (Å²) >= 11 is 0. The fraction of sp³-hybridized carbons (Fsp3) is 0.194. The van der Waals surface area contributed by atoms with Gasteiger partial charge in [0.1, 0.15) is 0 Å². The summed E-state index contributed by atoms with van der Waals surface area (Å²) in [5.74, 6) is -1.85. The zero-order valence-corrected chi connectivity index (χ0v) is 27.6. The van der Waals surface area contributed by atoms with E-state index in [9.17, 15) is 39.7 Å². The minimum Gasteiger partial charge on any atom is -0.743 e. The maximum atomic E-state index is 13.3. The molecule has 0 spiro atoms. The highest BCUT2D eigenvalue weighted by Crippen LogP contribution is 2.38. The van der Waals surface area contributed by atoms with Crippen LogP contribution in [0.5, 0.6) is 0 Å². The van der Waals surface area contributed by atoms with Gasteiger partial charge in [-0.25, -0.2) is 13.2 Å². The average Bonchev–Trinajstić information content (AvgIpc) is 3.03. The largest absolute Gasteiger partial charge is 0.743 e. The number of esters is 1. The minimum atomic E-state index is -6.73. The number of fused-ring (bicyclic) bond motifs is 1. The fourth-order valence-corrected chi connectivity index (χ4v) is 7.09. The van der Waals surface area contributed by atoms with Gasteiger partial charge in [-0.2, -0.15) is 22.0 Å². The molecule has 1 unspecified atom stereocenters. The van der Waals surface area contributed by atoms with E-state index in [1.807, 2.05) is 0 Å². The number of hydrogen-bond donors (Lipinski definition) is 0. The number of hydrogen-bond acceptors (Lipinski definition) is 5. The van der Waals surface area contributed by atoms with E-state index in [1.165, 1.54) is 32.4 Å². The molecule has 5 aromatic carbocycles. The average molecular weight is 703 g/mol. The van der Waals surface area contributed by atoms with E-state index in [-0.39, 0.29) is 16.3 Å². The van der Waals surface area contributed by atoms with Crippen LogP contribution in [0.1, 0.15) is 36.7 Å². The lowest BCUT2D eigenvalue weighted by atomic mass is 9.87. The molecule has 48 heavy (non-hydrogen) atoms. The van der Waals surface area contributed by atoms with Crippen LogP contribution in [0.15, 0.2) is 142 Å². The van der Waals surface area contributed by atoms with Crippen LogP contribution in [-0.2, 0) is 31.2 Å². The Labute approximate surface area is 278 Å². The van der Waals surface area contributed by atoms with Gasteiger partial charge in [0.25, 0.3) is 6.10 Å². The number of ether oxygens (including phenoxy) is 1. The first kappa shape index (κ1) is 36.6. The van der Waals surface area contributed by atoms with Gasteiger partial charge in [-0.3, -0.25) is 0 Å². The number of alkyl halides is 5. The van der Waals surface area contributed by atoms with Crippen LogP contribution in [0.2, 0.25) is 0 Å². The Morgan fingerprint density at radius 2 is 1.12 bits per heavy atom. The van der Waals surface area contributed by atoms with Gasteiger partial charge in [0, 0.05) is 0 Å².